The Bertz CT molecular complexity index is 611. The molecule has 0 aromatic heterocycles. The van der Waals surface area contributed by atoms with Gasteiger partial charge in [-0.25, -0.2) is 0 Å². The number of hydrogen-bond acceptors (Lipinski definition) is 3. The van der Waals surface area contributed by atoms with Gasteiger partial charge in [0.2, 0.25) is 0 Å². The second kappa shape index (κ2) is 9.98. The standard InChI is InChI=1S/C17H24F3N3O2.HI/c1-16(2,3)25-14(24)10-22-15(21-4)23(5)11-12-6-8-13(9-7-12)17(18,19)20;/h6-9H,10-11H2,1-5H3,(H,21,22);1H. The summed E-state index contributed by atoms with van der Waals surface area (Å²) in [6, 6.07) is 4.92. The lowest BCUT2D eigenvalue weighted by Gasteiger charge is -2.23. The number of benzene rings is 1. The lowest BCUT2D eigenvalue weighted by molar-refractivity contribution is -0.153. The summed E-state index contributed by atoms with van der Waals surface area (Å²) in [5.74, 6) is 0.0161. The molecule has 0 saturated heterocycles. The Hall–Kier alpha value is -1.52. The summed E-state index contributed by atoms with van der Waals surface area (Å²) in [6.07, 6.45) is -4.35. The molecule has 148 valence electrons. The number of alkyl halides is 3. The van der Waals surface area contributed by atoms with Crippen molar-refractivity contribution in [3.05, 3.63) is 35.4 Å². The van der Waals surface area contributed by atoms with Gasteiger partial charge in [0, 0.05) is 20.6 Å². The monoisotopic (exact) mass is 487 g/mol. The first kappa shape index (κ1) is 24.5. The molecule has 0 atom stereocenters. The van der Waals surface area contributed by atoms with E-state index in [0.29, 0.717) is 18.1 Å². The van der Waals surface area contributed by atoms with E-state index in [1.807, 2.05) is 0 Å². The van der Waals surface area contributed by atoms with Crippen LogP contribution in [-0.4, -0.2) is 43.1 Å². The van der Waals surface area contributed by atoms with E-state index < -0.39 is 23.3 Å². The van der Waals surface area contributed by atoms with Crippen molar-refractivity contribution in [2.45, 2.75) is 39.1 Å². The number of esters is 1. The molecule has 0 amide bonds. The van der Waals surface area contributed by atoms with E-state index in [0.717, 1.165) is 12.1 Å². The Morgan fingerprint density at radius 1 is 1.19 bits per heavy atom. The van der Waals surface area contributed by atoms with Gasteiger partial charge in [0.25, 0.3) is 0 Å². The van der Waals surface area contributed by atoms with Gasteiger partial charge in [-0.05, 0) is 38.5 Å². The number of aliphatic imine (C=N–C) groups is 1. The fraction of sp³-hybridized carbons (Fsp3) is 0.529. The fourth-order valence-electron chi connectivity index (χ4n) is 2.06. The molecule has 1 rings (SSSR count). The summed E-state index contributed by atoms with van der Waals surface area (Å²) in [7, 11) is 3.28. The van der Waals surface area contributed by atoms with Crippen molar-refractivity contribution in [1.82, 2.24) is 10.2 Å². The van der Waals surface area contributed by atoms with Crippen LogP contribution in [0.2, 0.25) is 0 Å². The summed E-state index contributed by atoms with van der Waals surface area (Å²) in [5.41, 5.74) is -0.573. The molecule has 26 heavy (non-hydrogen) atoms. The van der Waals surface area contributed by atoms with Gasteiger partial charge in [0.05, 0.1) is 5.56 Å². The van der Waals surface area contributed by atoms with Crippen molar-refractivity contribution >= 4 is 35.9 Å². The molecule has 0 heterocycles. The van der Waals surface area contributed by atoms with E-state index in [-0.39, 0.29) is 30.5 Å². The lowest BCUT2D eigenvalue weighted by atomic mass is 10.1. The van der Waals surface area contributed by atoms with Gasteiger partial charge in [0.15, 0.2) is 5.96 Å². The highest BCUT2D eigenvalue weighted by Gasteiger charge is 2.30. The Morgan fingerprint density at radius 3 is 2.15 bits per heavy atom. The van der Waals surface area contributed by atoms with Crippen LogP contribution in [0.25, 0.3) is 0 Å². The summed E-state index contributed by atoms with van der Waals surface area (Å²) in [6.45, 7) is 5.61. The zero-order valence-electron chi connectivity index (χ0n) is 15.5. The summed E-state index contributed by atoms with van der Waals surface area (Å²) in [5, 5.41) is 2.87. The zero-order chi connectivity index (χ0) is 19.3. The molecule has 1 aromatic rings. The second-order valence-corrected chi connectivity index (χ2v) is 6.54. The molecular formula is C17H25F3IN3O2. The first-order valence-electron chi connectivity index (χ1n) is 7.72. The van der Waals surface area contributed by atoms with Crippen molar-refractivity contribution in [2.75, 3.05) is 20.6 Å². The molecule has 0 aliphatic rings. The summed E-state index contributed by atoms with van der Waals surface area (Å²) in [4.78, 5) is 17.5. The average Bonchev–Trinajstić information content (AvgIpc) is 2.45. The van der Waals surface area contributed by atoms with E-state index in [4.69, 9.17) is 4.74 Å². The molecule has 9 heteroatoms. The molecule has 0 aliphatic carbocycles. The highest BCUT2D eigenvalue weighted by Crippen LogP contribution is 2.29. The number of carbonyl (C=O) groups excluding carboxylic acids is 1. The molecule has 0 radical (unpaired) electrons. The number of ether oxygens (including phenoxy) is 1. The maximum atomic E-state index is 12.6. The highest BCUT2D eigenvalue weighted by atomic mass is 127. The summed E-state index contributed by atoms with van der Waals surface area (Å²) < 4.78 is 42.9. The van der Waals surface area contributed by atoms with Crippen LogP contribution in [0.1, 0.15) is 31.9 Å². The highest BCUT2D eigenvalue weighted by molar-refractivity contribution is 14.0. The van der Waals surface area contributed by atoms with Gasteiger partial charge in [-0.2, -0.15) is 13.2 Å². The zero-order valence-corrected chi connectivity index (χ0v) is 17.8. The van der Waals surface area contributed by atoms with E-state index in [1.165, 1.54) is 12.1 Å². The smallest absolute Gasteiger partial charge is 0.416 e. The first-order chi connectivity index (χ1) is 11.4. The van der Waals surface area contributed by atoms with E-state index in [1.54, 1.807) is 39.8 Å². The number of rotatable bonds is 4. The molecule has 0 fully saturated rings. The SMILES string of the molecule is CN=C(NCC(=O)OC(C)(C)C)N(C)Cc1ccc(C(F)(F)F)cc1.I. The van der Waals surface area contributed by atoms with E-state index >= 15 is 0 Å². The van der Waals surface area contributed by atoms with Crippen LogP contribution in [0, 0.1) is 0 Å². The number of nitrogens with zero attached hydrogens (tertiary/aromatic N) is 2. The van der Waals surface area contributed by atoms with Crippen molar-refractivity contribution < 1.29 is 22.7 Å². The Balaban J connectivity index is 0.00000625. The number of nitrogens with one attached hydrogen (secondary N) is 1. The van der Waals surface area contributed by atoms with Gasteiger partial charge in [0.1, 0.15) is 12.1 Å². The van der Waals surface area contributed by atoms with Crippen LogP contribution in [0.5, 0.6) is 0 Å². The van der Waals surface area contributed by atoms with E-state index in [2.05, 4.69) is 10.3 Å². The van der Waals surface area contributed by atoms with Crippen LogP contribution in [0.3, 0.4) is 0 Å². The van der Waals surface area contributed by atoms with Crippen LogP contribution >= 0.6 is 24.0 Å². The third kappa shape index (κ3) is 8.72. The Labute approximate surface area is 169 Å². The lowest BCUT2D eigenvalue weighted by Crippen LogP contribution is -2.42. The van der Waals surface area contributed by atoms with Crippen LogP contribution in [0.4, 0.5) is 13.2 Å². The molecule has 0 aliphatic heterocycles. The predicted octanol–water partition coefficient (Wildman–Crippen LogP) is 3.67. The molecule has 0 spiro atoms. The maximum Gasteiger partial charge on any atom is 0.416 e. The van der Waals surface area contributed by atoms with Gasteiger partial charge < -0.3 is 15.0 Å². The van der Waals surface area contributed by atoms with Crippen LogP contribution in [0.15, 0.2) is 29.3 Å². The maximum absolute atomic E-state index is 12.6. The largest absolute Gasteiger partial charge is 0.459 e. The second-order valence-electron chi connectivity index (χ2n) is 6.54. The molecular weight excluding hydrogens is 462 g/mol. The third-order valence-electron chi connectivity index (χ3n) is 3.09. The van der Waals surface area contributed by atoms with Crippen LogP contribution in [-0.2, 0) is 22.3 Å². The third-order valence-corrected chi connectivity index (χ3v) is 3.09. The predicted molar refractivity (Wildman–Crippen MR) is 106 cm³/mol. The van der Waals surface area contributed by atoms with E-state index in [9.17, 15) is 18.0 Å². The normalized spacial score (nSPS) is 12.2. The van der Waals surface area contributed by atoms with Gasteiger partial charge >= 0.3 is 12.1 Å². The average molecular weight is 487 g/mol. The molecule has 0 unspecified atom stereocenters. The van der Waals surface area contributed by atoms with Crippen LogP contribution < -0.4 is 5.32 Å². The molecule has 0 bridgehead atoms. The first-order valence-corrected chi connectivity index (χ1v) is 7.72. The van der Waals surface area contributed by atoms with Crippen molar-refractivity contribution in [1.29, 1.82) is 0 Å². The Morgan fingerprint density at radius 2 is 1.73 bits per heavy atom. The molecule has 0 saturated carbocycles. The Kier molecular flexibility index (Phi) is 9.40. The van der Waals surface area contributed by atoms with Crippen molar-refractivity contribution in [2.24, 2.45) is 4.99 Å². The number of guanidine groups is 1. The molecule has 5 nitrogen and oxygen atoms in total. The topological polar surface area (TPSA) is 53.9 Å². The number of halogens is 4. The van der Waals surface area contributed by atoms with Gasteiger partial charge in [-0.1, -0.05) is 12.1 Å². The molecule has 1 aromatic carbocycles. The fourth-order valence-corrected chi connectivity index (χ4v) is 2.06. The minimum Gasteiger partial charge on any atom is -0.459 e. The van der Waals surface area contributed by atoms with Crippen molar-refractivity contribution in [3.8, 4) is 0 Å². The number of hydrogen-bond donors (Lipinski definition) is 1. The quantitative estimate of drug-likeness (QED) is 0.305. The summed E-state index contributed by atoms with van der Waals surface area (Å²) >= 11 is 0. The van der Waals surface area contributed by atoms with Gasteiger partial charge in [-0.3, -0.25) is 9.79 Å². The van der Waals surface area contributed by atoms with Gasteiger partial charge in [-0.15, -0.1) is 24.0 Å². The minimum absolute atomic E-state index is 0. The molecule has 1 N–H and O–H groups in total. The van der Waals surface area contributed by atoms with Crippen molar-refractivity contribution in [3.63, 3.8) is 0 Å². The minimum atomic E-state index is -4.35. The number of carbonyl (C=O) groups is 1.